The highest BCUT2D eigenvalue weighted by atomic mass is 16.2. The fourth-order valence-electron chi connectivity index (χ4n) is 4.40. The van der Waals surface area contributed by atoms with Crippen molar-refractivity contribution in [3.63, 3.8) is 0 Å². The molecule has 3 aliphatic rings. The van der Waals surface area contributed by atoms with Crippen LogP contribution in [0.5, 0.6) is 0 Å². The van der Waals surface area contributed by atoms with Gasteiger partial charge >= 0.3 is 6.03 Å². The van der Waals surface area contributed by atoms with Crippen molar-refractivity contribution < 1.29 is 14.4 Å². The smallest absolute Gasteiger partial charge is 0.325 e. The molecule has 0 bridgehead atoms. The molecule has 1 atom stereocenters. The van der Waals surface area contributed by atoms with Crippen LogP contribution in [0.4, 0.5) is 4.79 Å². The molecule has 1 unspecified atom stereocenters. The first-order chi connectivity index (χ1) is 11.8. The zero-order chi connectivity index (χ0) is 18.2. The summed E-state index contributed by atoms with van der Waals surface area (Å²) >= 11 is 0. The molecule has 3 fully saturated rings. The minimum absolute atomic E-state index is 0.00783. The minimum Gasteiger partial charge on any atom is -0.341 e. The summed E-state index contributed by atoms with van der Waals surface area (Å²) in [6, 6.07) is -0.476. The van der Waals surface area contributed by atoms with E-state index in [1.54, 1.807) is 11.8 Å². The second-order valence-corrected chi connectivity index (χ2v) is 8.14. The third-order valence-electron chi connectivity index (χ3n) is 5.73. The van der Waals surface area contributed by atoms with Crippen molar-refractivity contribution in [3.8, 4) is 0 Å². The zero-order valence-electron chi connectivity index (χ0n) is 15.6. The van der Waals surface area contributed by atoms with Crippen LogP contribution in [0.15, 0.2) is 0 Å². The fourth-order valence-corrected chi connectivity index (χ4v) is 4.40. The fraction of sp³-hybridized carbons (Fsp3) is 0.833. The number of nitrogens with one attached hydrogen (secondary N) is 1. The maximum atomic E-state index is 13.1. The van der Waals surface area contributed by atoms with Crippen LogP contribution in [0.3, 0.4) is 0 Å². The second kappa shape index (κ2) is 6.94. The molecule has 1 spiro atoms. The van der Waals surface area contributed by atoms with Crippen LogP contribution in [0, 0.1) is 5.92 Å². The van der Waals surface area contributed by atoms with Gasteiger partial charge in [0.15, 0.2) is 0 Å². The highest BCUT2D eigenvalue weighted by Gasteiger charge is 2.54. The van der Waals surface area contributed by atoms with E-state index in [1.807, 2.05) is 0 Å². The topological polar surface area (TPSA) is 73.0 Å². The molecule has 25 heavy (non-hydrogen) atoms. The molecule has 3 saturated heterocycles. The highest BCUT2D eigenvalue weighted by molar-refractivity contribution is 6.07. The van der Waals surface area contributed by atoms with E-state index in [9.17, 15) is 14.4 Å². The first kappa shape index (κ1) is 18.2. The Labute approximate surface area is 149 Å². The van der Waals surface area contributed by atoms with Crippen molar-refractivity contribution >= 4 is 17.8 Å². The monoisotopic (exact) mass is 350 g/mol. The van der Waals surface area contributed by atoms with Gasteiger partial charge in [0.1, 0.15) is 5.54 Å². The van der Waals surface area contributed by atoms with Gasteiger partial charge in [-0.25, -0.2) is 4.79 Å². The van der Waals surface area contributed by atoms with E-state index < -0.39 is 5.54 Å². The number of hydrogen-bond acceptors (Lipinski definition) is 4. The van der Waals surface area contributed by atoms with Crippen LogP contribution in [-0.4, -0.2) is 76.8 Å². The maximum Gasteiger partial charge on any atom is 0.325 e. The number of urea groups is 1. The predicted octanol–water partition coefficient (Wildman–Crippen LogP) is 1.04. The Kier molecular flexibility index (Phi) is 5.04. The molecule has 4 amide bonds. The van der Waals surface area contributed by atoms with Gasteiger partial charge in [-0.3, -0.25) is 14.5 Å². The Morgan fingerprint density at radius 1 is 1.24 bits per heavy atom. The predicted molar refractivity (Wildman–Crippen MR) is 93.9 cm³/mol. The van der Waals surface area contributed by atoms with E-state index in [0.717, 1.165) is 32.5 Å². The molecule has 3 heterocycles. The average molecular weight is 350 g/mol. The van der Waals surface area contributed by atoms with Gasteiger partial charge in [0.2, 0.25) is 5.91 Å². The lowest BCUT2D eigenvalue weighted by molar-refractivity contribution is -0.138. The third-order valence-corrected chi connectivity index (χ3v) is 5.73. The Bertz CT molecular complexity index is 555. The van der Waals surface area contributed by atoms with E-state index in [0.29, 0.717) is 31.8 Å². The molecule has 0 aliphatic carbocycles. The normalized spacial score (nSPS) is 27.3. The lowest BCUT2D eigenvalue weighted by atomic mass is 9.86. The molecule has 0 saturated carbocycles. The van der Waals surface area contributed by atoms with Gasteiger partial charge in [-0.2, -0.15) is 0 Å². The van der Waals surface area contributed by atoms with Crippen LogP contribution >= 0.6 is 0 Å². The number of likely N-dealkylation sites (tertiary alicyclic amines) is 2. The van der Waals surface area contributed by atoms with Crippen LogP contribution in [-0.2, 0) is 9.59 Å². The molecule has 0 aromatic carbocycles. The van der Waals surface area contributed by atoms with Crippen LogP contribution in [0.2, 0.25) is 0 Å². The van der Waals surface area contributed by atoms with Crippen molar-refractivity contribution in [2.24, 2.45) is 5.92 Å². The Morgan fingerprint density at radius 2 is 1.92 bits per heavy atom. The largest absolute Gasteiger partial charge is 0.341 e. The number of carbonyl (C=O) groups is 3. The lowest BCUT2D eigenvalue weighted by Crippen LogP contribution is -2.56. The van der Waals surface area contributed by atoms with Crippen LogP contribution in [0.25, 0.3) is 0 Å². The number of hydrogen-bond donors (Lipinski definition) is 1. The molecule has 140 valence electrons. The number of nitrogens with zero attached hydrogens (tertiary/aromatic N) is 3. The summed E-state index contributed by atoms with van der Waals surface area (Å²) in [5, 5.41) is 2.99. The van der Waals surface area contributed by atoms with E-state index in [2.05, 4.69) is 24.1 Å². The first-order valence-corrected chi connectivity index (χ1v) is 9.46. The molecule has 1 N–H and O–H groups in total. The molecule has 7 heteroatoms. The number of rotatable bonds is 3. The van der Waals surface area contributed by atoms with Gasteiger partial charge < -0.3 is 15.1 Å². The molecule has 0 aromatic rings. The summed E-state index contributed by atoms with van der Waals surface area (Å²) in [6.45, 7) is 9.80. The SMILES string of the molecule is CC(=O)N1CCCC(N2C(=O)NC3(CCN(CC(C)C)CC3)C2=O)C1. The summed E-state index contributed by atoms with van der Waals surface area (Å²) < 4.78 is 0. The van der Waals surface area contributed by atoms with E-state index >= 15 is 0 Å². The quantitative estimate of drug-likeness (QED) is 0.772. The third kappa shape index (κ3) is 3.52. The van der Waals surface area contributed by atoms with Gasteiger partial charge in [0, 0.05) is 39.6 Å². The van der Waals surface area contributed by atoms with Gasteiger partial charge in [-0.05, 0) is 31.6 Å². The van der Waals surface area contributed by atoms with Gasteiger partial charge in [0.25, 0.3) is 5.91 Å². The zero-order valence-corrected chi connectivity index (χ0v) is 15.6. The number of carbonyl (C=O) groups excluding carboxylic acids is 3. The molecular weight excluding hydrogens is 320 g/mol. The Balaban J connectivity index is 1.67. The Morgan fingerprint density at radius 3 is 2.52 bits per heavy atom. The van der Waals surface area contributed by atoms with Crippen molar-refractivity contribution in [1.29, 1.82) is 0 Å². The second-order valence-electron chi connectivity index (χ2n) is 8.14. The molecule has 0 aromatic heterocycles. The number of piperidine rings is 2. The summed E-state index contributed by atoms with van der Waals surface area (Å²) in [5.74, 6) is 0.518. The highest BCUT2D eigenvalue weighted by Crippen LogP contribution is 2.32. The van der Waals surface area contributed by atoms with E-state index in [-0.39, 0.29) is 23.9 Å². The first-order valence-electron chi connectivity index (χ1n) is 9.46. The van der Waals surface area contributed by atoms with Gasteiger partial charge in [-0.1, -0.05) is 13.8 Å². The summed E-state index contributed by atoms with van der Waals surface area (Å²) in [5.41, 5.74) is -0.733. The van der Waals surface area contributed by atoms with Crippen molar-refractivity contribution in [3.05, 3.63) is 0 Å². The maximum absolute atomic E-state index is 13.1. The van der Waals surface area contributed by atoms with E-state index in [4.69, 9.17) is 0 Å². The average Bonchev–Trinajstić information content (AvgIpc) is 2.80. The number of imide groups is 1. The van der Waals surface area contributed by atoms with Crippen molar-refractivity contribution in [1.82, 2.24) is 20.0 Å². The summed E-state index contributed by atoms with van der Waals surface area (Å²) in [6.07, 6.45) is 2.95. The standard InChI is InChI=1S/C18H30N4O3/c1-13(2)11-20-9-6-18(7-10-20)16(24)22(17(25)19-18)15-5-4-8-21(12-15)14(3)23/h13,15H,4-12H2,1-3H3,(H,19,25). The molecule has 7 nitrogen and oxygen atoms in total. The lowest BCUT2D eigenvalue weighted by Gasteiger charge is -2.39. The summed E-state index contributed by atoms with van der Waals surface area (Å²) in [4.78, 5) is 42.9. The Hall–Kier alpha value is -1.63. The van der Waals surface area contributed by atoms with Crippen molar-refractivity contribution in [2.75, 3.05) is 32.7 Å². The van der Waals surface area contributed by atoms with Gasteiger partial charge in [0.05, 0.1) is 6.04 Å². The number of amides is 4. The van der Waals surface area contributed by atoms with Crippen LogP contribution in [0.1, 0.15) is 46.5 Å². The molecule has 3 aliphatic heterocycles. The molecule has 3 rings (SSSR count). The molecular formula is C18H30N4O3. The van der Waals surface area contributed by atoms with Crippen LogP contribution < -0.4 is 5.32 Å². The van der Waals surface area contributed by atoms with E-state index in [1.165, 1.54) is 4.90 Å². The van der Waals surface area contributed by atoms with Crippen molar-refractivity contribution in [2.45, 2.75) is 58.0 Å². The van der Waals surface area contributed by atoms with Gasteiger partial charge in [-0.15, -0.1) is 0 Å². The minimum atomic E-state index is -0.733. The summed E-state index contributed by atoms with van der Waals surface area (Å²) in [7, 11) is 0. The molecule has 0 radical (unpaired) electrons.